The van der Waals surface area contributed by atoms with E-state index in [1.54, 1.807) is 0 Å². The zero-order chi connectivity index (χ0) is 28.7. The fraction of sp³-hybridized carbons (Fsp3) is 0.286. The van der Waals surface area contributed by atoms with Crippen LogP contribution in [0.1, 0.15) is 11.1 Å². The zero-order valence-electron chi connectivity index (χ0n) is 20.2. The number of imide groups is 2. The Kier molecular flexibility index (Phi) is 5.62. The van der Waals surface area contributed by atoms with E-state index >= 15 is 0 Å². The van der Waals surface area contributed by atoms with Crippen LogP contribution in [0.5, 0.6) is 0 Å². The molecule has 12 heteroatoms. The number of halogens is 6. The fourth-order valence-electron chi connectivity index (χ4n) is 6.35. The van der Waals surface area contributed by atoms with Crippen LogP contribution in [0, 0.1) is 35.5 Å². The summed E-state index contributed by atoms with van der Waals surface area (Å²) >= 11 is 0. The quantitative estimate of drug-likeness (QED) is 0.294. The molecule has 2 aromatic rings. The van der Waals surface area contributed by atoms with Gasteiger partial charge in [-0.05, 0) is 48.2 Å². The van der Waals surface area contributed by atoms with Gasteiger partial charge in [0.25, 0.3) is 0 Å². The molecule has 4 unspecified atom stereocenters. The van der Waals surface area contributed by atoms with Crippen LogP contribution < -0.4 is 9.80 Å². The monoisotopic (exact) mass is 560 g/mol. The van der Waals surface area contributed by atoms with Gasteiger partial charge in [-0.2, -0.15) is 26.3 Å². The molecular weight excluding hydrogens is 542 g/mol. The largest absolute Gasteiger partial charge is 0.416 e. The van der Waals surface area contributed by atoms with Crippen LogP contribution in [0.15, 0.2) is 72.8 Å². The number of alkyl halides is 6. The first-order valence-corrected chi connectivity index (χ1v) is 12.3. The summed E-state index contributed by atoms with van der Waals surface area (Å²) in [5.74, 6) is -8.82. The number of hydrogen-bond acceptors (Lipinski definition) is 4. The molecule has 0 N–H and O–H groups in total. The molecule has 4 amide bonds. The normalized spacial score (nSPS) is 29.6. The summed E-state index contributed by atoms with van der Waals surface area (Å²) < 4.78 is 79.8. The number of anilines is 2. The van der Waals surface area contributed by atoms with Crippen LogP contribution in [0.25, 0.3) is 0 Å². The van der Waals surface area contributed by atoms with Crippen LogP contribution in [0.3, 0.4) is 0 Å². The van der Waals surface area contributed by atoms with Gasteiger partial charge in [0, 0.05) is 0 Å². The summed E-state index contributed by atoms with van der Waals surface area (Å²) in [7, 11) is 0. The van der Waals surface area contributed by atoms with Gasteiger partial charge in [0.1, 0.15) is 0 Å². The Balaban J connectivity index is 1.39. The molecule has 2 saturated heterocycles. The van der Waals surface area contributed by atoms with Crippen LogP contribution in [-0.2, 0) is 31.5 Å². The lowest BCUT2D eigenvalue weighted by Crippen LogP contribution is -2.64. The Morgan fingerprint density at radius 1 is 0.500 bits per heavy atom. The number of amides is 4. The van der Waals surface area contributed by atoms with Crippen LogP contribution in [0.4, 0.5) is 37.7 Å². The molecule has 6 nitrogen and oxygen atoms in total. The van der Waals surface area contributed by atoms with Gasteiger partial charge in [-0.3, -0.25) is 19.2 Å². The number of carbonyl (C=O) groups is 4. The summed E-state index contributed by atoms with van der Waals surface area (Å²) in [5, 5.41) is 0. The van der Waals surface area contributed by atoms with E-state index in [4.69, 9.17) is 0 Å². The molecule has 6 rings (SSSR count). The van der Waals surface area contributed by atoms with Gasteiger partial charge >= 0.3 is 12.4 Å². The molecule has 0 radical (unpaired) electrons. The highest BCUT2D eigenvalue weighted by Crippen LogP contribution is 2.53. The van der Waals surface area contributed by atoms with Gasteiger partial charge in [0.05, 0.1) is 46.2 Å². The summed E-state index contributed by atoms with van der Waals surface area (Å²) in [6, 6.07) is 7.67. The van der Waals surface area contributed by atoms with E-state index in [2.05, 4.69) is 0 Å². The van der Waals surface area contributed by atoms with E-state index < -0.39 is 82.6 Å². The maximum absolute atomic E-state index is 13.5. The van der Waals surface area contributed by atoms with Crippen molar-refractivity contribution in [2.75, 3.05) is 9.80 Å². The van der Waals surface area contributed by atoms with Crippen molar-refractivity contribution in [3.05, 3.63) is 84.0 Å². The Labute approximate surface area is 222 Å². The molecule has 2 aliphatic heterocycles. The van der Waals surface area contributed by atoms with Crippen molar-refractivity contribution in [3.8, 4) is 0 Å². The summed E-state index contributed by atoms with van der Waals surface area (Å²) in [4.78, 5) is 55.5. The molecular formula is C28H18F6N2O4. The van der Waals surface area contributed by atoms with Gasteiger partial charge in [0.2, 0.25) is 23.6 Å². The van der Waals surface area contributed by atoms with Crippen LogP contribution >= 0.6 is 0 Å². The van der Waals surface area contributed by atoms with Gasteiger partial charge in [-0.25, -0.2) is 9.80 Å². The van der Waals surface area contributed by atoms with Gasteiger partial charge < -0.3 is 0 Å². The third-order valence-corrected chi connectivity index (χ3v) is 8.04. The number of benzene rings is 2. The highest BCUT2D eigenvalue weighted by atomic mass is 19.4. The number of rotatable bonds is 2. The molecule has 0 saturated carbocycles. The molecule has 2 fully saturated rings. The van der Waals surface area contributed by atoms with E-state index in [0.29, 0.717) is 21.9 Å². The second-order valence-electron chi connectivity index (χ2n) is 10.1. The first kappa shape index (κ1) is 26.0. The Morgan fingerprint density at radius 3 is 1.07 bits per heavy atom. The van der Waals surface area contributed by atoms with Gasteiger partial charge in [0.15, 0.2) is 0 Å². The van der Waals surface area contributed by atoms with Crippen molar-refractivity contribution in [1.82, 2.24) is 0 Å². The third-order valence-electron chi connectivity index (χ3n) is 8.04. The van der Waals surface area contributed by atoms with Gasteiger partial charge in [-0.1, -0.05) is 36.4 Å². The molecule has 0 aromatic heterocycles. The maximum Gasteiger partial charge on any atom is 0.416 e. The van der Waals surface area contributed by atoms with Gasteiger partial charge in [-0.15, -0.1) is 0 Å². The first-order chi connectivity index (χ1) is 18.8. The molecule has 2 aromatic carbocycles. The van der Waals surface area contributed by atoms with E-state index in [1.165, 1.54) is 36.4 Å². The second-order valence-corrected chi connectivity index (χ2v) is 10.1. The van der Waals surface area contributed by atoms with Crippen molar-refractivity contribution in [1.29, 1.82) is 0 Å². The van der Waals surface area contributed by atoms with Crippen molar-refractivity contribution in [2.24, 2.45) is 35.5 Å². The molecule has 2 heterocycles. The smallest absolute Gasteiger partial charge is 0.273 e. The number of hydrogen-bond donors (Lipinski definition) is 0. The Hall–Kier alpha value is -4.22. The zero-order valence-corrected chi connectivity index (χ0v) is 20.2. The summed E-state index contributed by atoms with van der Waals surface area (Å²) in [6.07, 6.45) is -3.79. The predicted molar refractivity (Wildman–Crippen MR) is 127 cm³/mol. The number of carbonyl (C=O) groups excluding carboxylic acids is 4. The van der Waals surface area contributed by atoms with Crippen molar-refractivity contribution >= 4 is 35.0 Å². The molecule has 4 atom stereocenters. The molecule has 40 heavy (non-hydrogen) atoms. The van der Waals surface area contributed by atoms with E-state index in [1.807, 2.05) is 0 Å². The predicted octanol–water partition coefficient (Wildman–Crippen LogP) is 5.01. The minimum atomic E-state index is -4.70. The molecule has 0 bridgehead atoms. The SMILES string of the molecule is O=C1C2C=CC3C(=O)N(c4cccc(C(F)(F)F)c4)C(=O)C4C=CC(C(=O)N1c1cccc(C(F)(F)F)c1)C2C34. The standard InChI is InChI=1S/C28H18F6N2O4/c29-27(30,31)13-3-1-5-15(11-13)35-23(37)17-7-9-19-22-20(10-8-18(21(17)22)24(35)38)26(40)36(25(19)39)16-6-2-4-14(12-16)28(32,33)34/h1-12,17-22H. The maximum atomic E-state index is 13.5. The number of piperidine rings is 2. The summed E-state index contributed by atoms with van der Waals surface area (Å²) in [5.41, 5.74) is -2.57. The summed E-state index contributed by atoms with van der Waals surface area (Å²) in [6.45, 7) is 0. The number of nitrogens with zero attached hydrogens (tertiary/aromatic N) is 2. The lowest BCUT2D eigenvalue weighted by molar-refractivity contribution is -0.148. The van der Waals surface area contributed by atoms with E-state index in [9.17, 15) is 45.5 Å². The average molecular weight is 560 g/mol. The lowest BCUT2D eigenvalue weighted by Gasteiger charge is -2.53. The third kappa shape index (κ3) is 3.80. The lowest BCUT2D eigenvalue weighted by atomic mass is 9.55. The first-order valence-electron chi connectivity index (χ1n) is 12.3. The molecule has 4 aliphatic rings. The Morgan fingerprint density at radius 2 is 0.800 bits per heavy atom. The van der Waals surface area contributed by atoms with E-state index in [0.717, 1.165) is 24.3 Å². The fourth-order valence-corrected chi connectivity index (χ4v) is 6.35. The van der Waals surface area contributed by atoms with Crippen molar-refractivity contribution in [3.63, 3.8) is 0 Å². The average Bonchev–Trinajstić information content (AvgIpc) is 2.90. The highest BCUT2D eigenvalue weighted by molar-refractivity contribution is 6.22. The highest BCUT2D eigenvalue weighted by Gasteiger charge is 2.61. The molecule has 2 aliphatic carbocycles. The second kappa shape index (κ2) is 8.64. The van der Waals surface area contributed by atoms with Crippen LogP contribution in [-0.4, -0.2) is 23.6 Å². The molecule has 206 valence electrons. The topological polar surface area (TPSA) is 74.8 Å². The Bertz CT molecular complexity index is 1360. The minimum absolute atomic E-state index is 0.249. The van der Waals surface area contributed by atoms with E-state index in [-0.39, 0.29) is 11.4 Å². The molecule has 0 spiro atoms. The van der Waals surface area contributed by atoms with Crippen LogP contribution in [0.2, 0.25) is 0 Å². The minimum Gasteiger partial charge on any atom is -0.273 e. The van der Waals surface area contributed by atoms with Crippen molar-refractivity contribution < 1.29 is 45.5 Å². The van der Waals surface area contributed by atoms with Crippen molar-refractivity contribution in [2.45, 2.75) is 12.4 Å².